The number of rotatable bonds is 4. The third-order valence-electron chi connectivity index (χ3n) is 4.34. The first-order valence-corrected chi connectivity index (χ1v) is 8.30. The van der Waals surface area contributed by atoms with Crippen molar-refractivity contribution in [3.63, 3.8) is 0 Å². The molecule has 1 fully saturated rings. The van der Waals surface area contributed by atoms with Crippen LogP contribution in [0.25, 0.3) is 11.0 Å². The van der Waals surface area contributed by atoms with Crippen LogP contribution in [0.2, 0.25) is 0 Å². The van der Waals surface area contributed by atoms with E-state index in [9.17, 15) is 19.1 Å². The van der Waals surface area contributed by atoms with E-state index in [2.05, 4.69) is 15.3 Å². The van der Waals surface area contributed by atoms with Gasteiger partial charge in [-0.3, -0.25) is 14.6 Å². The molecule has 26 heavy (non-hydrogen) atoms. The monoisotopic (exact) mass is 353 g/mol. The smallest absolute Gasteiger partial charge is 0.265 e. The van der Waals surface area contributed by atoms with Crippen LogP contribution >= 0.6 is 0 Å². The van der Waals surface area contributed by atoms with Gasteiger partial charge in [-0.2, -0.15) is 0 Å². The molecule has 0 unspecified atom stereocenters. The van der Waals surface area contributed by atoms with Crippen molar-refractivity contribution in [3.05, 3.63) is 69.4 Å². The molecule has 4 rings (SSSR count). The van der Waals surface area contributed by atoms with Crippen molar-refractivity contribution in [1.29, 1.82) is 0 Å². The first kappa shape index (κ1) is 16.3. The summed E-state index contributed by atoms with van der Waals surface area (Å²) in [5, 5.41) is 13.0. The Kier molecular flexibility index (Phi) is 3.91. The molecule has 0 atom stereocenters. The van der Waals surface area contributed by atoms with E-state index in [-0.39, 0.29) is 22.9 Å². The minimum absolute atomic E-state index is 0.0723. The lowest BCUT2D eigenvalue weighted by molar-refractivity contribution is 0.0947. The van der Waals surface area contributed by atoms with E-state index < -0.39 is 17.2 Å². The Labute approximate surface area is 147 Å². The second-order valence-corrected chi connectivity index (χ2v) is 6.47. The van der Waals surface area contributed by atoms with Gasteiger partial charge in [0.05, 0.1) is 5.52 Å². The fourth-order valence-corrected chi connectivity index (χ4v) is 2.83. The third-order valence-corrected chi connectivity index (χ3v) is 4.34. The Morgan fingerprint density at radius 2 is 2.00 bits per heavy atom. The molecule has 1 aliphatic carbocycles. The van der Waals surface area contributed by atoms with Gasteiger partial charge in [0.15, 0.2) is 5.75 Å². The number of aromatic hydroxyl groups is 1. The summed E-state index contributed by atoms with van der Waals surface area (Å²) in [6, 6.07) is 7.86. The summed E-state index contributed by atoms with van der Waals surface area (Å²) in [4.78, 5) is 31.2. The Hall–Kier alpha value is -3.22. The standard InChI is InChI=1S/C19H16FN3O3/c20-12-3-1-10(2-4-12)7-11-8-14-16(21-9-11)17(24)15(19(26)23-14)18(25)22-13-5-6-13/h1-4,8-9,13H,5-7H2,(H,22,25)(H2,23,24,26). The van der Waals surface area contributed by atoms with Gasteiger partial charge in [0.2, 0.25) is 0 Å². The Morgan fingerprint density at radius 3 is 2.69 bits per heavy atom. The largest absolute Gasteiger partial charge is 0.505 e. The van der Waals surface area contributed by atoms with Gasteiger partial charge >= 0.3 is 0 Å². The molecule has 3 aromatic rings. The number of H-pyrrole nitrogens is 1. The van der Waals surface area contributed by atoms with E-state index in [1.807, 2.05) is 0 Å². The molecular formula is C19H16FN3O3. The highest BCUT2D eigenvalue weighted by Gasteiger charge is 2.27. The van der Waals surface area contributed by atoms with Gasteiger partial charge in [-0.05, 0) is 48.6 Å². The Bertz CT molecular complexity index is 1060. The van der Waals surface area contributed by atoms with Crippen molar-refractivity contribution in [1.82, 2.24) is 15.3 Å². The summed E-state index contributed by atoms with van der Waals surface area (Å²) in [6.07, 6.45) is 3.81. The minimum atomic E-state index is -0.658. The number of nitrogens with zero attached hydrogens (tertiary/aromatic N) is 1. The van der Waals surface area contributed by atoms with E-state index in [1.54, 1.807) is 24.4 Å². The number of pyridine rings is 2. The summed E-state index contributed by atoms with van der Waals surface area (Å²) in [5.74, 6) is -1.32. The van der Waals surface area contributed by atoms with Gasteiger partial charge in [-0.1, -0.05) is 12.1 Å². The molecule has 0 radical (unpaired) electrons. The molecule has 1 aliphatic rings. The fourth-order valence-electron chi connectivity index (χ4n) is 2.83. The minimum Gasteiger partial charge on any atom is -0.505 e. The molecule has 7 heteroatoms. The number of halogens is 1. The van der Waals surface area contributed by atoms with Crippen molar-refractivity contribution in [3.8, 4) is 5.75 Å². The quantitative estimate of drug-likeness (QED) is 0.670. The van der Waals surface area contributed by atoms with Gasteiger partial charge < -0.3 is 15.4 Å². The van der Waals surface area contributed by atoms with Crippen LogP contribution in [0.15, 0.2) is 41.3 Å². The molecule has 0 saturated heterocycles. The van der Waals surface area contributed by atoms with E-state index in [4.69, 9.17) is 0 Å². The van der Waals surface area contributed by atoms with Crippen LogP contribution in [0.1, 0.15) is 34.3 Å². The highest BCUT2D eigenvalue weighted by Crippen LogP contribution is 2.25. The van der Waals surface area contributed by atoms with E-state index in [0.29, 0.717) is 11.9 Å². The number of benzene rings is 1. The molecule has 132 valence electrons. The zero-order valence-corrected chi connectivity index (χ0v) is 13.8. The number of amides is 1. The zero-order valence-electron chi connectivity index (χ0n) is 13.8. The predicted octanol–water partition coefficient (Wildman–Crippen LogP) is 2.25. The lowest BCUT2D eigenvalue weighted by atomic mass is 10.1. The molecule has 2 heterocycles. The number of nitrogens with one attached hydrogen (secondary N) is 2. The highest BCUT2D eigenvalue weighted by molar-refractivity contribution is 6.01. The lowest BCUT2D eigenvalue weighted by Gasteiger charge is -2.09. The van der Waals surface area contributed by atoms with Crippen molar-refractivity contribution >= 4 is 16.9 Å². The second-order valence-electron chi connectivity index (χ2n) is 6.47. The summed E-state index contributed by atoms with van der Waals surface area (Å²) in [6.45, 7) is 0. The predicted molar refractivity (Wildman–Crippen MR) is 93.7 cm³/mol. The number of hydrogen-bond acceptors (Lipinski definition) is 4. The normalized spacial score (nSPS) is 13.7. The zero-order chi connectivity index (χ0) is 18.3. The molecule has 1 amide bonds. The lowest BCUT2D eigenvalue weighted by Crippen LogP contribution is -2.31. The Morgan fingerprint density at radius 1 is 1.27 bits per heavy atom. The average Bonchev–Trinajstić information content (AvgIpc) is 3.40. The first-order valence-electron chi connectivity index (χ1n) is 8.30. The molecule has 0 aliphatic heterocycles. The molecular weight excluding hydrogens is 337 g/mol. The molecule has 2 aromatic heterocycles. The maximum Gasteiger partial charge on any atom is 0.265 e. The highest BCUT2D eigenvalue weighted by atomic mass is 19.1. The van der Waals surface area contributed by atoms with Crippen molar-refractivity contribution in [2.24, 2.45) is 0 Å². The average molecular weight is 353 g/mol. The molecule has 3 N–H and O–H groups in total. The van der Waals surface area contributed by atoms with Crippen LogP contribution in [-0.2, 0) is 6.42 Å². The maximum atomic E-state index is 13.0. The Balaban J connectivity index is 1.69. The van der Waals surface area contributed by atoms with Crippen molar-refractivity contribution in [2.45, 2.75) is 25.3 Å². The fraction of sp³-hybridized carbons (Fsp3) is 0.211. The number of hydrogen-bond donors (Lipinski definition) is 3. The number of aromatic amines is 1. The van der Waals surface area contributed by atoms with Crippen LogP contribution in [-0.4, -0.2) is 27.0 Å². The van der Waals surface area contributed by atoms with Crippen molar-refractivity contribution in [2.75, 3.05) is 0 Å². The SMILES string of the molecule is O=C(NC1CC1)c1c(O)c2ncc(Cc3ccc(F)cc3)cc2[nH]c1=O. The van der Waals surface area contributed by atoms with Gasteiger partial charge in [0.1, 0.15) is 16.9 Å². The van der Waals surface area contributed by atoms with Crippen LogP contribution in [0.3, 0.4) is 0 Å². The first-order chi connectivity index (χ1) is 12.5. The third kappa shape index (κ3) is 3.15. The van der Waals surface area contributed by atoms with Crippen LogP contribution in [0, 0.1) is 5.82 Å². The number of carbonyl (C=O) groups is 1. The van der Waals surface area contributed by atoms with Gasteiger partial charge in [-0.25, -0.2) is 4.39 Å². The molecule has 1 aromatic carbocycles. The van der Waals surface area contributed by atoms with E-state index in [1.165, 1.54) is 12.1 Å². The van der Waals surface area contributed by atoms with Crippen LogP contribution < -0.4 is 10.9 Å². The van der Waals surface area contributed by atoms with Gasteiger partial charge in [-0.15, -0.1) is 0 Å². The van der Waals surface area contributed by atoms with E-state index >= 15 is 0 Å². The molecule has 0 spiro atoms. The summed E-state index contributed by atoms with van der Waals surface area (Å²) in [5.41, 5.74) is 1.20. The second kappa shape index (κ2) is 6.25. The molecule has 0 bridgehead atoms. The number of fused-ring (bicyclic) bond motifs is 1. The maximum absolute atomic E-state index is 13.0. The molecule has 6 nitrogen and oxygen atoms in total. The topological polar surface area (TPSA) is 95.1 Å². The van der Waals surface area contributed by atoms with E-state index in [0.717, 1.165) is 24.0 Å². The van der Waals surface area contributed by atoms with Gasteiger partial charge in [0.25, 0.3) is 11.5 Å². The van der Waals surface area contributed by atoms with Crippen LogP contribution in [0.5, 0.6) is 5.75 Å². The van der Waals surface area contributed by atoms with Crippen molar-refractivity contribution < 1.29 is 14.3 Å². The number of aromatic nitrogens is 2. The summed E-state index contributed by atoms with van der Waals surface area (Å²) < 4.78 is 13.0. The summed E-state index contributed by atoms with van der Waals surface area (Å²) in [7, 11) is 0. The summed E-state index contributed by atoms with van der Waals surface area (Å²) >= 11 is 0. The number of carbonyl (C=O) groups excluding carboxylic acids is 1. The van der Waals surface area contributed by atoms with Crippen LogP contribution in [0.4, 0.5) is 4.39 Å². The van der Waals surface area contributed by atoms with Gasteiger partial charge in [0, 0.05) is 12.2 Å². The molecule has 1 saturated carbocycles.